The molecule has 0 saturated carbocycles. The summed E-state index contributed by atoms with van der Waals surface area (Å²) < 4.78 is 22.5. The fourth-order valence-corrected chi connectivity index (χ4v) is 3.69. The average molecular weight is 431 g/mol. The van der Waals surface area contributed by atoms with E-state index in [1.165, 1.54) is 35.6 Å². The van der Waals surface area contributed by atoms with E-state index in [9.17, 15) is 18.0 Å². The van der Waals surface area contributed by atoms with Crippen molar-refractivity contribution in [3.05, 3.63) is 71.2 Å². The van der Waals surface area contributed by atoms with Crippen LogP contribution in [0.2, 0.25) is 0 Å². The summed E-state index contributed by atoms with van der Waals surface area (Å²) in [6.45, 7) is 0. The third-order valence-electron chi connectivity index (χ3n) is 3.88. The largest absolute Gasteiger partial charge is 0.326 e. The third kappa shape index (κ3) is 5.95. The van der Waals surface area contributed by atoms with Crippen LogP contribution in [0.1, 0.15) is 22.5 Å². The molecule has 150 valence electrons. The summed E-state index contributed by atoms with van der Waals surface area (Å²) in [5.74, 6) is -0.483. The first-order chi connectivity index (χ1) is 13.8. The number of anilines is 2. The Bertz CT molecular complexity index is 1110. The molecule has 3 aromatic rings. The van der Waals surface area contributed by atoms with Crippen LogP contribution in [0.15, 0.2) is 64.9 Å². The number of nitrogens with two attached hydrogens (primary N) is 1. The molecule has 3 rings (SSSR count). The number of sulfonamides is 1. The van der Waals surface area contributed by atoms with Gasteiger partial charge in [-0.05, 0) is 42.8 Å². The van der Waals surface area contributed by atoms with Gasteiger partial charge in [0.05, 0.1) is 10.6 Å². The van der Waals surface area contributed by atoms with Gasteiger partial charge < -0.3 is 5.32 Å². The Hall–Kier alpha value is -3.08. The standard InChI is InChI=1S/C19H18N4O4S2/c20-29(26,27)16-9-6-14(7-10-16)21-17(24)11-8-15-12-28-19(22-15)23-18(25)13-4-2-1-3-5-13/h1-7,9-10,12H,8,11H2,(H,21,24)(H2,20,26,27)(H,22,23,25). The maximum atomic E-state index is 12.1. The Balaban J connectivity index is 1.50. The molecule has 0 unspecified atom stereocenters. The van der Waals surface area contributed by atoms with Gasteiger partial charge in [-0.3, -0.25) is 14.9 Å². The zero-order valence-electron chi connectivity index (χ0n) is 15.2. The number of nitrogens with one attached hydrogen (secondary N) is 2. The van der Waals surface area contributed by atoms with Crippen molar-refractivity contribution in [2.75, 3.05) is 10.6 Å². The molecule has 0 aliphatic rings. The van der Waals surface area contributed by atoms with Crippen molar-refractivity contribution in [1.29, 1.82) is 0 Å². The third-order valence-corrected chi connectivity index (χ3v) is 5.62. The second-order valence-corrected chi connectivity index (χ2v) is 8.50. The van der Waals surface area contributed by atoms with Gasteiger partial charge in [-0.15, -0.1) is 11.3 Å². The minimum absolute atomic E-state index is 0.0250. The molecule has 0 atom stereocenters. The summed E-state index contributed by atoms with van der Waals surface area (Å²) >= 11 is 1.29. The van der Waals surface area contributed by atoms with E-state index in [-0.39, 0.29) is 23.1 Å². The van der Waals surface area contributed by atoms with Crippen molar-refractivity contribution in [1.82, 2.24) is 4.98 Å². The summed E-state index contributed by atoms with van der Waals surface area (Å²) in [5.41, 5.74) is 1.70. The van der Waals surface area contributed by atoms with Crippen LogP contribution < -0.4 is 15.8 Å². The van der Waals surface area contributed by atoms with Crippen molar-refractivity contribution in [3.63, 3.8) is 0 Å². The smallest absolute Gasteiger partial charge is 0.257 e. The molecular formula is C19H18N4O4S2. The SMILES string of the molecule is NS(=O)(=O)c1ccc(NC(=O)CCc2csc(NC(=O)c3ccccc3)n2)cc1. The highest BCUT2D eigenvalue weighted by Gasteiger charge is 2.11. The number of hydrogen-bond donors (Lipinski definition) is 3. The first-order valence-corrected chi connectivity index (χ1v) is 11.0. The number of rotatable bonds is 7. The van der Waals surface area contributed by atoms with Crippen molar-refractivity contribution >= 4 is 44.0 Å². The first kappa shape index (κ1) is 20.6. The summed E-state index contributed by atoms with van der Waals surface area (Å²) in [4.78, 5) is 28.5. The Kier molecular flexibility index (Phi) is 6.37. The van der Waals surface area contributed by atoms with Crippen LogP contribution in [-0.2, 0) is 21.2 Å². The van der Waals surface area contributed by atoms with Crippen molar-refractivity contribution in [3.8, 4) is 0 Å². The lowest BCUT2D eigenvalue weighted by atomic mass is 10.2. The fraction of sp³-hybridized carbons (Fsp3) is 0.105. The van der Waals surface area contributed by atoms with E-state index in [0.29, 0.717) is 28.5 Å². The summed E-state index contributed by atoms with van der Waals surface area (Å²) in [5, 5.41) is 12.7. The molecule has 1 heterocycles. The Labute approximate surface area is 171 Å². The summed E-state index contributed by atoms with van der Waals surface area (Å²) in [6, 6.07) is 14.4. The number of carbonyl (C=O) groups is 2. The lowest BCUT2D eigenvalue weighted by Crippen LogP contribution is -2.14. The fourth-order valence-electron chi connectivity index (χ4n) is 2.43. The van der Waals surface area contributed by atoms with Gasteiger partial charge in [0.2, 0.25) is 15.9 Å². The normalized spacial score (nSPS) is 11.1. The second-order valence-electron chi connectivity index (χ2n) is 6.08. The maximum absolute atomic E-state index is 12.1. The lowest BCUT2D eigenvalue weighted by molar-refractivity contribution is -0.116. The predicted octanol–water partition coefficient (Wildman–Crippen LogP) is 2.61. The van der Waals surface area contributed by atoms with Gasteiger partial charge in [0, 0.05) is 23.1 Å². The average Bonchev–Trinajstić information content (AvgIpc) is 3.14. The predicted molar refractivity (Wildman–Crippen MR) is 111 cm³/mol. The van der Waals surface area contributed by atoms with Crippen molar-refractivity contribution in [2.45, 2.75) is 17.7 Å². The molecule has 0 fully saturated rings. The molecule has 0 bridgehead atoms. The number of aryl methyl sites for hydroxylation is 1. The minimum Gasteiger partial charge on any atom is -0.326 e. The highest BCUT2D eigenvalue weighted by atomic mass is 32.2. The molecular weight excluding hydrogens is 412 g/mol. The zero-order chi connectivity index (χ0) is 20.9. The lowest BCUT2D eigenvalue weighted by Gasteiger charge is -2.05. The number of amides is 2. The van der Waals surface area contributed by atoms with E-state index >= 15 is 0 Å². The van der Waals surface area contributed by atoms with E-state index < -0.39 is 10.0 Å². The van der Waals surface area contributed by atoms with E-state index in [1.54, 1.807) is 29.6 Å². The van der Waals surface area contributed by atoms with E-state index in [0.717, 1.165) is 0 Å². The van der Waals surface area contributed by atoms with Gasteiger partial charge in [0.1, 0.15) is 0 Å². The number of primary sulfonamides is 1. The van der Waals surface area contributed by atoms with E-state index in [2.05, 4.69) is 15.6 Å². The highest BCUT2D eigenvalue weighted by Crippen LogP contribution is 2.18. The van der Waals surface area contributed by atoms with Gasteiger partial charge in [-0.2, -0.15) is 0 Å². The summed E-state index contributed by atoms with van der Waals surface area (Å²) in [7, 11) is -3.77. The van der Waals surface area contributed by atoms with Gasteiger partial charge in [0.15, 0.2) is 5.13 Å². The number of aromatic nitrogens is 1. The number of hydrogen-bond acceptors (Lipinski definition) is 6. The van der Waals surface area contributed by atoms with Crippen LogP contribution in [-0.4, -0.2) is 25.2 Å². The van der Waals surface area contributed by atoms with Crippen molar-refractivity contribution in [2.24, 2.45) is 5.14 Å². The zero-order valence-corrected chi connectivity index (χ0v) is 16.8. The molecule has 2 aromatic carbocycles. The van der Waals surface area contributed by atoms with E-state index in [1.807, 2.05) is 6.07 Å². The molecule has 29 heavy (non-hydrogen) atoms. The van der Waals surface area contributed by atoms with Crippen LogP contribution in [0.25, 0.3) is 0 Å². The highest BCUT2D eigenvalue weighted by molar-refractivity contribution is 7.89. The monoisotopic (exact) mass is 430 g/mol. The van der Waals surface area contributed by atoms with Crippen LogP contribution in [0.3, 0.4) is 0 Å². The Morgan fingerprint density at radius 3 is 2.34 bits per heavy atom. The first-order valence-electron chi connectivity index (χ1n) is 8.55. The molecule has 4 N–H and O–H groups in total. The topological polar surface area (TPSA) is 131 Å². The quantitative estimate of drug-likeness (QED) is 0.530. The van der Waals surface area contributed by atoms with Crippen LogP contribution >= 0.6 is 11.3 Å². The molecule has 0 radical (unpaired) electrons. The molecule has 1 aromatic heterocycles. The van der Waals surface area contributed by atoms with Gasteiger partial charge in [-0.25, -0.2) is 18.5 Å². The van der Waals surface area contributed by atoms with Gasteiger partial charge >= 0.3 is 0 Å². The Morgan fingerprint density at radius 1 is 1.00 bits per heavy atom. The summed E-state index contributed by atoms with van der Waals surface area (Å²) in [6.07, 6.45) is 0.589. The number of carbonyl (C=O) groups excluding carboxylic acids is 2. The van der Waals surface area contributed by atoms with Crippen molar-refractivity contribution < 1.29 is 18.0 Å². The molecule has 0 spiro atoms. The number of nitrogens with zero attached hydrogens (tertiary/aromatic N) is 1. The molecule has 0 aliphatic heterocycles. The Morgan fingerprint density at radius 2 is 1.69 bits per heavy atom. The van der Waals surface area contributed by atoms with Crippen LogP contribution in [0.5, 0.6) is 0 Å². The molecule has 2 amide bonds. The van der Waals surface area contributed by atoms with Crippen LogP contribution in [0, 0.1) is 0 Å². The number of thiazole rings is 1. The van der Waals surface area contributed by atoms with Crippen LogP contribution in [0.4, 0.5) is 10.8 Å². The molecule has 10 heteroatoms. The second kappa shape index (κ2) is 8.95. The molecule has 0 aliphatic carbocycles. The van der Waals surface area contributed by atoms with E-state index in [4.69, 9.17) is 5.14 Å². The number of benzene rings is 2. The molecule has 8 nitrogen and oxygen atoms in total. The van der Waals surface area contributed by atoms with Gasteiger partial charge in [-0.1, -0.05) is 18.2 Å². The molecule has 0 saturated heterocycles. The van der Waals surface area contributed by atoms with Gasteiger partial charge in [0.25, 0.3) is 5.91 Å². The maximum Gasteiger partial charge on any atom is 0.257 e. The minimum atomic E-state index is -3.77.